The molecule has 0 heterocycles. The molecule has 0 saturated carbocycles. The van der Waals surface area contributed by atoms with Gasteiger partial charge in [0.2, 0.25) is 0 Å². The van der Waals surface area contributed by atoms with E-state index < -0.39 is 0 Å². The predicted octanol–water partition coefficient (Wildman–Crippen LogP) is 1.90. The molecule has 0 fully saturated rings. The van der Waals surface area contributed by atoms with E-state index in [2.05, 4.69) is 0 Å². The third kappa shape index (κ3) is 7.89. The Morgan fingerprint density at radius 1 is 1.33 bits per heavy atom. The van der Waals surface area contributed by atoms with Crippen LogP contribution in [-0.2, 0) is 0 Å². The van der Waals surface area contributed by atoms with Gasteiger partial charge in [-0.05, 0) is 19.8 Å². The molecule has 0 radical (unpaired) electrons. The summed E-state index contributed by atoms with van der Waals surface area (Å²) in [5.74, 6) is 0. The molecule has 1 nitrogen and oxygen atoms in total. The molecular formula is C7H15FO. The maximum Gasteiger partial charge on any atom is 0.0894 e. The molecule has 0 aliphatic heterocycles. The van der Waals surface area contributed by atoms with Crippen LogP contribution in [0, 0.1) is 0 Å². The number of hydrogen-bond donors (Lipinski definition) is 1. The lowest BCUT2D eigenvalue weighted by Gasteiger charge is -2.00. The van der Waals surface area contributed by atoms with Gasteiger partial charge in [-0.3, -0.25) is 4.39 Å². The van der Waals surface area contributed by atoms with Crippen LogP contribution in [0.25, 0.3) is 0 Å². The highest BCUT2D eigenvalue weighted by Gasteiger charge is 1.93. The number of hydrogen-bond acceptors (Lipinski definition) is 1. The number of aliphatic hydroxyl groups is 1. The lowest BCUT2D eigenvalue weighted by atomic mass is 10.1. The van der Waals surface area contributed by atoms with Crippen LogP contribution < -0.4 is 0 Å². The van der Waals surface area contributed by atoms with Gasteiger partial charge in [-0.25, -0.2) is 0 Å². The topological polar surface area (TPSA) is 20.2 Å². The van der Waals surface area contributed by atoms with E-state index in [9.17, 15) is 4.39 Å². The van der Waals surface area contributed by atoms with Crippen molar-refractivity contribution in [1.82, 2.24) is 0 Å². The van der Waals surface area contributed by atoms with E-state index >= 15 is 0 Å². The minimum Gasteiger partial charge on any atom is -0.393 e. The lowest BCUT2D eigenvalue weighted by Crippen LogP contribution is -1.98. The van der Waals surface area contributed by atoms with Crippen molar-refractivity contribution in [3.05, 3.63) is 0 Å². The van der Waals surface area contributed by atoms with E-state index in [0.29, 0.717) is 6.42 Å². The van der Waals surface area contributed by atoms with Crippen LogP contribution in [0.4, 0.5) is 4.39 Å². The van der Waals surface area contributed by atoms with Crippen LogP contribution >= 0.6 is 0 Å². The Morgan fingerprint density at radius 3 is 2.44 bits per heavy atom. The summed E-state index contributed by atoms with van der Waals surface area (Å²) in [5, 5.41) is 8.76. The van der Waals surface area contributed by atoms with Crippen LogP contribution in [0.3, 0.4) is 0 Å². The minimum absolute atomic E-state index is 0.218. The van der Waals surface area contributed by atoms with Crippen LogP contribution in [0.15, 0.2) is 0 Å². The van der Waals surface area contributed by atoms with Gasteiger partial charge in [-0.1, -0.05) is 12.8 Å². The van der Waals surface area contributed by atoms with Gasteiger partial charge in [0.1, 0.15) is 0 Å². The Morgan fingerprint density at radius 2 is 2.00 bits per heavy atom. The Bertz CT molecular complexity index is 54.9. The highest BCUT2D eigenvalue weighted by molar-refractivity contribution is 4.47. The molecule has 56 valence electrons. The van der Waals surface area contributed by atoms with Gasteiger partial charge >= 0.3 is 0 Å². The second-order valence-corrected chi connectivity index (χ2v) is 2.39. The molecule has 1 N–H and O–H groups in total. The first-order chi connectivity index (χ1) is 4.27. The van der Waals surface area contributed by atoms with Gasteiger partial charge < -0.3 is 5.11 Å². The van der Waals surface area contributed by atoms with Crippen molar-refractivity contribution < 1.29 is 9.50 Å². The summed E-state index contributed by atoms with van der Waals surface area (Å²) < 4.78 is 11.5. The van der Waals surface area contributed by atoms with Crippen molar-refractivity contribution in [3.63, 3.8) is 0 Å². The van der Waals surface area contributed by atoms with E-state index in [-0.39, 0.29) is 12.8 Å². The smallest absolute Gasteiger partial charge is 0.0894 e. The first-order valence-corrected chi connectivity index (χ1v) is 3.51. The Hall–Kier alpha value is -0.110. The van der Waals surface area contributed by atoms with Crippen molar-refractivity contribution in [2.75, 3.05) is 6.67 Å². The summed E-state index contributed by atoms with van der Waals surface area (Å²) in [6.07, 6.45) is 3.08. The van der Waals surface area contributed by atoms with Crippen molar-refractivity contribution >= 4 is 0 Å². The summed E-state index contributed by atoms with van der Waals surface area (Å²) in [7, 11) is 0. The third-order valence-corrected chi connectivity index (χ3v) is 1.26. The van der Waals surface area contributed by atoms with Gasteiger partial charge in [0.05, 0.1) is 12.8 Å². The molecule has 9 heavy (non-hydrogen) atoms. The highest BCUT2D eigenvalue weighted by Crippen LogP contribution is 2.02. The lowest BCUT2D eigenvalue weighted by molar-refractivity contribution is 0.180. The fraction of sp³-hybridized carbons (Fsp3) is 1.00. The highest BCUT2D eigenvalue weighted by atomic mass is 19.1. The van der Waals surface area contributed by atoms with Crippen LogP contribution in [0.1, 0.15) is 32.6 Å². The van der Waals surface area contributed by atoms with Crippen LogP contribution in [0.2, 0.25) is 0 Å². The molecule has 0 bridgehead atoms. The third-order valence-electron chi connectivity index (χ3n) is 1.26. The standard InChI is InChI=1S/C7H15FO/c1-7(9)5-3-2-4-6-8/h7,9H,2-6H2,1H3. The zero-order valence-electron chi connectivity index (χ0n) is 5.94. The molecule has 0 amide bonds. The minimum atomic E-state index is -0.222. The van der Waals surface area contributed by atoms with E-state index in [1.807, 2.05) is 0 Å². The van der Waals surface area contributed by atoms with Crippen molar-refractivity contribution in [2.45, 2.75) is 38.7 Å². The van der Waals surface area contributed by atoms with E-state index in [0.717, 1.165) is 19.3 Å². The molecule has 1 atom stereocenters. The second kappa shape index (κ2) is 6.02. The van der Waals surface area contributed by atoms with Crippen molar-refractivity contribution in [2.24, 2.45) is 0 Å². The fourth-order valence-corrected chi connectivity index (χ4v) is 0.711. The van der Waals surface area contributed by atoms with E-state index in [1.165, 1.54) is 0 Å². The zero-order valence-corrected chi connectivity index (χ0v) is 5.94. The molecule has 0 aliphatic rings. The second-order valence-electron chi connectivity index (χ2n) is 2.39. The summed E-state index contributed by atoms with van der Waals surface area (Å²) in [6.45, 7) is 1.54. The van der Waals surface area contributed by atoms with Crippen molar-refractivity contribution in [3.8, 4) is 0 Å². The van der Waals surface area contributed by atoms with Gasteiger partial charge in [0, 0.05) is 0 Å². The molecular weight excluding hydrogens is 119 g/mol. The van der Waals surface area contributed by atoms with Gasteiger partial charge in [0.15, 0.2) is 0 Å². The number of rotatable bonds is 5. The number of halogens is 1. The summed E-state index contributed by atoms with van der Waals surface area (Å²) in [5.41, 5.74) is 0. The monoisotopic (exact) mass is 134 g/mol. The summed E-state index contributed by atoms with van der Waals surface area (Å²) in [6, 6.07) is 0. The van der Waals surface area contributed by atoms with E-state index in [1.54, 1.807) is 6.92 Å². The Balaban J connectivity index is 2.75. The van der Waals surface area contributed by atoms with Gasteiger partial charge in [0.25, 0.3) is 0 Å². The average Bonchev–Trinajstić information content (AvgIpc) is 1.80. The van der Waals surface area contributed by atoms with Crippen LogP contribution in [-0.4, -0.2) is 17.9 Å². The molecule has 1 unspecified atom stereocenters. The maximum absolute atomic E-state index is 11.5. The SMILES string of the molecule is CC(O)CCCCCF. The van der Waals surface area contributed by atoms with Crippen LogP contribution in [0.5, 0.6) is 0 Å². The van der Waals surface area contributed by atoms with E-state index in [4.69, 9.17) is 5.11 Å². The Labute approximate surface area is 55.9 Å². The number of aliphatic hydroxyl groups excluding tert-OH is 1. The average molecular weight is 134 g/mol. The normalized spacial score (nSPS) is 13.7. The largest absolute Gasteiger partial charge is 0.393 e. The quantitative estimate of drug-likeness (QED) is 0.569. The molecule has 0 aromatic heterocycles. The molecule has 2 heteroatoms. The number of alkyl halides is 1. The van der Waals surface area contributed by atoms with Gasteiger partial charge in [-0.2, -0.15) is 0 Å². The predicted molar refractivity (Wildman–Crippen MR) is 36.1 cm³/mol. The summed E-state index contributed by atoms with van der Waals surface area (Å²) >= 11 is 0. The van der Waals surface area contributed by atoms with Gasteiger partial charge in [-0.15, -0.1) is 0 Å². The molecule has 0 rings (SSSR count). The fourth-order valence-electron chi connectivity index (χ4n) is 0.711. The van der Waals surface area contributed by atoms with Crippen molar-refractivity contribution in [1.29, 1.82) is 0 Å². The number of unbranched alkanes of at least 4 members (excludes halogenated alkanes) is 2. The molecule has 0 aliphatic carbocycles. The maximum atomic E-state index is 11.5. The molecule has 0 aromatic rings. The first kappa shape index (κ1) is 8.89. The molecule has 0 spiro atoms. The Kier molecular flexibility index (Phi) is 5.94. The molecule has 0 saturated heterocycles. The first-order valence-electron chi connectivity index (χ1n) is 3.51. The zero-order chi connectivity index (χ0) is 7.11. The summed E-state index contributed by atoms with van der Waals surface area (Å²) in [4.78, 5) is 0. The molecule has 0 aromatic carbocycles.